The van der Waals surface area contributed by atoms with Gasteiger partial charge in [0.1, 0.15) is 11.8 Å². The third-order valence-corrected chi connectivity index (χ3v) is 5.36. The zero-order valence-corrected chi connectivity index (χ0v) is 18.5. The molecule has 35 heavy (non-hydrogen) atoms. The summed E-state index contributed by atoms with van der Waals surface area (Å²) in [5, 5.41) is 15.9. The normalized spacial score (nSPS) is 16.5. The van der Waals surface area contributed by atoms with Crippen molar-refractivity contribution in [3.05, 3.63) is 84.4 Å². The van der Waals surface area contributed by atoms with Gasteiger partial charge >= 0.3 is 12.1 Å². The summed E-state index contributed by atoms with van der Waals surface area (Å²) in [7, 11) is 0. The summed E-state index contributed by atoms with van der Waals surface area (Å²) in [6, 6.07) is 20.5. The number of carboxylic acid groups (broad SMARTS) is 1. The monoisotopic (exact) mass is 485 g/mol. The van der Waals surface area contributed by atoms with Gasteiger partial charge in [-0.15, -0.1) is 5.10 Å². The summed E-state index contributed by atoms with van der Waals surface area (Å²) in [5.74, 6) is -2.76. The molecule has 1 aliphatic rings. The fourth-order valence-electron chi connectivity index (χ4n) is 3.68. The van der Waals surface area contributed by atoms with Gasteiger partial charge in [0, 0.05) is 37.6 Å². The molecule has 4 heterocycles. The molecule has 11 heteroatoms. The molecule has 1 saturated heterocycles. The fourth-order valence-corrected chi connectivity index (χ4v) is 3.68. The van der Waals surface area contributed by atoms with Crippen LogP contribution in [0.3, 0.4) is 0 Å². The van der Waals surface area contributed by atoms with Crippen LogP contribution in [-0.4, -0.2) is 61.7 Å². The predicted molar refractivity (Wildman–Crippen MR) is 120 cm³/mol. The standard InChI is InChI=1S/C22H21N5O.C2HF3O2/c1-2-6-17(7-3-1)18-9-10-20-22(24-25-27(20)14-18)21-16-26(12-13-28-21)15-19-8-4-5-11-23-19;3-2(4,5)1(6)7/h1-11,14,21H,12-13,15-16H2;(H,6,7). The van der Waals surface area contributed by atoms with Gasteiger partial charge in [0.05, 0.1) is 17.8 Å². The molecule has 8 nitrogen and oxygen atoms in total. The van der Waals surface area contributed by atoms with Crippen molar-refractivity contribution in [3.63, 3.8) is 0 Å². The molecule has 1 fully saturated rings. The SMILES string of the molecule is O=C(O)C(F)(F)F.c1ccc(-c2ccc3c(C4CN(Cc5ccccn5)CCO4)nnn3c2)cc1. The molecule has 0 amide bonds. The minimum atomic E-state index is -5.08. The van der Waals surface area contributed by atoms with Gasteiger partial charge < -0.3 is 9.84 Å². The van der Waals surface area contributed by atoms with Crippen LogP contribution < -0.4 is 0 Å². The number of carboxylic acids is 1. The maximum absolute atomic E-state index is 10.6. The van der Waals surface area contributed by atoms with Crippen LogP contribution in [0, 0.1) is 0 Å². The van der Waals surface area contributed by atoms with Gasteiger partial charge in [-0.05, 0) is 23.8 Å². The Hall–Kier alpha value is -3.83. The lowest BCUT2D eigenvalue weighted by Crippen LogP contribution is -2.38. The Morgan fingerprint density at radius 3 is 2.49 bits per heavy atom. The number of alkyl halides is 3. The van der Waals surface area contributed by atoms with Crippen LogP contribution in [0.15, 0.2) is 73.1 Å². The molecule has 1 aliphatic heterocycles. The van der Waals surface area contributed by atoms with E-state index < -0.39 is 12.1 Å². The third kappa shape index (κ3) is 6.19. The first kappa shape index (κ1) is 24.3. The van der Waals surface area contributed by atoms with Crippen LogP contribution in [0.4, 0.5) is 13.2 Å². The quantitative estimate of drug-likeness (QED) is 0.467. The molecule has 1 N–H and O–H groups in total. The third-order valence-electron chi connectivity index (χ3n) is 5.36. The highest BCUT2D eigenvalue weighted by atomic mass is 19.4. The van der Waals surface area contributed by atoms with E-state index in [1.54, 1.807) is 0 Å². The molecule has 0 radical (unpaired) electrons. The van der Waals surface area contributed by atoms with Crippen LogP contribution in [0.2, 0.25) is 0 Å². The molecular weight excluding hydrogens is 463 g/mol. The lowest BCUT2D eigenvalue weighted by Gasteiger charge is -2.31. The molecule has 5 rings (SSSR count). The predicted octanol–water partition coefficient (Wildman–Crippen LogP) is 4.00. The molecule has 4 aromatic rings. The molecule has 0 spiro atoms. The number of carbonyl (C=O) groups is 1. The van der Waals surface area contributed by atoms with E-state index >= 15 is 0 Å². The molecule has 1 atom stereocenters. The van der Waals surface area contributed by atoms with Gasteiger partial charge in [0.2, 0.25) is 0 Å². The number of morpholine rings is 1. The number of hydrogen-bond donors (Lipinski definition) is 1. The van der Waals surface area contributed by atoms with E-state index in [2.05, 4.69) is 50.5 Å². The number of aliphatic carboxylic acids is 1. The van der Waals surface area contributed by atoms with Crippen LogP contribution in [0.25, 0.3) is 16.6 Å². The number of halogens is 3. The first-order valence-corrected chi connectivity index (χ1v) is 10.8. The minimum absolute atomic E-state index is 0.0856. The number of pyridine rings is 2. The Bertz CT molecular complexity index is 1270. The van der Waals surface area contributed by atoms with E-state index in [1.807, 2.05) is 47.2 Å². The Labute approximate surface area is 198 Å². The number of ether oxygens (including phenoxy) is 1. The second-order valence-electron chi connectivity index (χ2n) is 7.81. The van der Waals surface area contributed by atoms with Crippen molar-refractivity contribution in [2.75, 3.05) is 19.7 Å². The summed E-state index contributed by atoms with van der Waals surface area (Å²) in [6.45, 7) is 3.17. The Balaban J connectivity index is 0.000000364. The summed E-state index contributed by atoms with van der Waals surface area (Å²) >= 11 is 0. The zero-order chi connectivity index (χ0) is 24.8. The van der Waals surface area contributed by atoms with Crippen LogP contribution in [-0.2, 0) is 16.1 Å². The second-order valence-corrected chi connectivity index (χ2v) is 7.81. The largest absolute Gasteiger partial charge is 0.490 e. The van der Waals surface area contributed by atoms with Crippen molar-refractivity contribution in [1.82, 2.24) is 24.7 Å². The van der Waals surface area contributed by atoms with Crippen molar-refractivity contribution in [2.24, 2.45) is 0 Å². The highest BCUT2D eigenvalue weighted by molar-refractivity contribution is 5.73. The Kier molecular flexibility index (Phi) is 7.37. The molecule has 0 bridgehead atoms. The van der Waals surface area contributed by atoms with Crippen molar-refractivity contribution < 1.29 is 27.8 Å². The molecule has 182 valence electrons. The first-order chi connectivity index (χ1) is 16.8. The average Bonchev–Trinajstić information content (AvgIpc) is 3.29. The molecular formula is C24H22F3N5O3. The number of rotatable bonds is 4. The lowest BCUT2D eigenvalue weighted by molar-refractivity contribution is -0.192. The molecule has 1 unspecified atom stereocenters. The lowest BCUT2D eigenvalue weighted by atomic mass is 10.1. The van der Waals surface area contributed by atoms with Crippen molar-refractivity contribution >= 4 is 11.5 Å². The van der Waals surface area contributed by atoms with E-state index in [1.165, 1.54) is 0 Å². The summed E-state index contributed by atoms with van der Waals surface area (Å²) in [6.07, 6.45) is -1.31. The minimum Gasteiger partial charge on any atom is -0.475 e. The second kappa shape index (κ2) is 10.6. The van der Waals surface area contributed by atoms with E-state index in [9.17, 15) is 13.2 Å². The van der Waals surface area contributed by atoms with Crippen LogP contribution in [0.1, 0.15) is 17.5 Å². The molecule has 0 aliphatic carbocycles. The molecule has 0 saturated carbocycles. The van der Waals surface area contributed by atoms with E-state index in [4.69, 9.17) is 14.6 Å². The van der Waals surface area contributed by atoms with Gasteiger partial charge in [-0.2, -0.15) is 13.2 Å². The van der Waals surface area contributed by atoms with Crippen molar-refractivity contribution in [1.29, 1.82) is 0 Å². The summed E-state index contributed by atoms with van der Waals surface area (Å²) in [4.78, 5) is 15.7. The van der Waals surface area contributed by atoms with E-state index in [-0.39, 0.29) is 6.10 Å². The first-order valence-electron chi connectivity index (χ1n) is 10.8. The highest BCUT2D eigenvalue weighted by Gasteiger charge is 2.38. The number of aromatic nitrogens is 4. The van der Waals surface area contributed by atoms with E-state index in [0.717, 1.165) is 47.7 Å². The van der Waals surface area contributed by atoms with Crippen LogP contribution in [0.5, 0.6) is 0 Å². The number of nitrogens with zero attached hydrogens (tertiary/aromatic N) is 5. The molecule has 3 aromatic heterocycles. The smallest absolute Gasteiger partial charge is 0.475 e. The maximum atomic E-state index is 10.6. The maximum Gasteiger partial charge on any atom is 0.490 e. The number of fused-ring (bicyclic) bond motifs is 1. The topological polar surface area (TPSA) is 92.8 Å². The Morgan fingerprint density at radius 1 is 1.06 bits per heavy atom. The van der Waals surface area contributed by atoms with E-state index in [0.29, 0.717) is 6.61 Å². The average molecular weight is 485 g/mol. The van der Waals surface area contributed by atoms with Gasteiger partial charge in [-0.25, -0.2) is 9.31 Å². The summed E-state index contributed by atoms with van der Waals surface area (Å²) in [5.41, 5.74) is 5.24. The number of benzene rings is 1. The summed E-state index contributed by atoms with van der Waals surface area (Å²) < 4.78 is 39.6. The van der Waals surface area contributed by atoms with Crippen molar-refractivity contribution in [2.45, 2.75) is 18.8 Å². The Morgan fingerprint density at radius 2 is 1.80 bits per heavy atom. The van der Waals surface area contributed by atoms with Gasteiger partial charge in [0.15, 0.2) is 0 Å². The highest BCUT2D eigenvalue weighted by Crippen LogP contribution is 2.27. The van der Waals surface area contributed by atoms with Crippen LogP contribution >= 0.6 is 0 Å². The number of hydrogen-bond acceptors (Lipinski definition) is 6. The zero-order valence-electron chi connectivity index (χ0n) is 18.5. The fraction of sp³-hybridized carbons (Fsp3) is 0.250. The van der Waals surface area contributed by atoms with Gasteiger partial charge in [-0.1, -0.05) is 47.7 Å². The molecule has 1 aromatic carbocycles. The van der Waals surface area contributed by atoms with Gasteiger partial charge in [-0.3, -0.25) is 9.88 Å². The van der Waals surface area contributed by atoms with Gasteiger partial charge in [0.25, 0.3) is 0 Å². The van der Waals surface area contributed by atoms with Crippen molar-refractivity contribution in [3.8, 4) is 11.1 Å².